The van der Waals surface area contributed by atoms with E-state index in [1.165, 1.54) is 17.5 Å². The van der Waals surface area contributed by atoms with Crippen LogP contribution in [0.3, 0.4) is 0 Å². The highest BCUT2D eigenvalue weighted by molar-refractivity contribution is 7.89. The quantitative estimate of drug-likeness (QED) is 0.817. The number of methoxy groups -OCH3 is 1. The molecule has 3 rings (SSSR count). The van der Waals surface area contributed by atoms with Gasteiger partial charge in [-0.15, -0.1) is 0 Å². The molecule has 1 saturated heterocycles. The summed E-state index contributed by atoms with van der Waals surface area (Å²) in [6, 6.07) is 14.8. The maximum atomic E-state index is 13.1. The third-order valence-electron chi connectivity index (χ3n) is 4.42. The number of nitrogens with zero attached hydrogens (tertiary/aromatic N) is 2. The van der Waals surface area contributed by atoms with E-state index >= 15 is 0 Å². The maximum Gasteiger partial charge on any atom is 0.246 e. The minimum atomic E-state index is -3.67. The molecule has 0 radical (unpaired) electrons. The third kappa shape index (κ3) is 3.61. The lowest BCUT2D eigenvalue weighted by molar-refractivity contribution is 0.339. The van der Waals surface area contributed by atoms with Crippen LogP contribution < -0.4 is 9.64 Å². The fraction of sp³-hybridized carbons (Fsp3) is 0.333. The van der Waals surface area contributed by atoms with Crippen LogP contribution in [0.15, 0.2) is 53.4 Å². The topological polar surface area (TPSA) is 49.9 Å². The molecule has 2 aromatic rings. The number of ether oxygens (including phenoxy) is 1. The Morgan fingerprint density at radius 1 is 1.12 bits per heavy atom. The van der Waals surface area contributed by atoms with Crippen molar-refractivity contribution in [1.82, 2.24) is 4.31 Å². The standard InChI is InChI=1S/C18H21ClN2O3S/c1-14-13-20(10-11-21(14)16-6-4-3-5-7-16)25(22,23)18-12-15(19)8-9-17(18)24-2/h3-9,12,14H,10-11,13H2,1-2H3. The van der Waals surface area contributed by atoms with Crippen LogP contribution in [-0.2, 0) is 10.0 Å². The highest BCUT2D eigenvalue weighted by Crippen LogP contribution is 2.31. The van der Waals surface area contributed by atoms with Crippen molar-refractivity contribution in [2.45, 2.75) is 17.9 Å². The minimum absolute atomic E-state index is 0.0658. The predicted molar refractivity (Wildman–Crippen MR) is 100 cm³/mol. The number of sulfonamides is 1. The molecule has 25 heavy (non-hydrogen) atoms. The summed E-state index contributed by atoms with van der Waals surface area (Å²) < 4.78 is 32.9. The molecule has 0 N–H and O–H groups in total. The van der Waals surface area contributed by atoms with Crippen LogP contribution in [0.5, 0.6) is 5.75 Å². The number of piperazine rings is 1. The van der Waals surface area contributed by atoms with E-state index in [1.807, 2.05) is 37.3 Å². The normalized spacial score (nSPS) is 19.0. The minimum Gasteiger partial charge on any atom is -0.495 e. The average Bonchev–Trinajstić information content (AvgIpc) is 2.62. The Bertz CT molecular complexity index is 843. The molecule has 7 heteroatoms. The highest BCUT2D eigenvalue weighted by Gasteiger charge is 2.34. The molecule has 5 nitrogen and oxygen atoms in total. The van der Waals surface area contributed by atoms with Crippen molar-refractivity contribution in [3.8, 4) is 5.75 Å². The Morgan fingerprint density at radius 2 is 1.84 bits per heavy atom. The van der Waals surface area contributed by atoms with E-state index in [9.17, 15) is 8.42 Å². The van der Waals surface area contributed by atoms with Gasteiger partial charge in [0.05, 0.1) is 7.11 Å². The molecular weight excluding hydrogens is 360 g/mol. The van der Waals surface area contributed by atoms with Gasteiger partial charge in [-0.05, 0) is 37.3 Å². The zero-order chi connectivity index (χ0) is 18.0. The molecule has 1 unspecified atom stereocenters. The van der Waals surface area contributed by atoms with Crippen LogP contribution in [-0.4, -0.2) is 45.5 Å². The molecule has 134 valence electrons. The van der Waals surface area contributed by atoms with Gasteiger partial charge in [0.1, 0.15) is 10.6 Å². The van der Waals surface area contributed by atoms with Gasteiger partial charge in [0, 0.05) is 36.4 Å². The van der Waals surface area contributed by atoms with Crippen LogP contribution >= 0.6 is 11.6 Å². The van der Waals surface area contributed by atoms with E-state index in [1.54, 1.807) is 12.1 Å². The number of halogens is 1. The van der Waals surface area contributed by atoms with Crippen LogP contribution in [0.4, 0.5) is 5.69 Å². The van der Waals surface area contributed by atoms with Gasteiger partial charge < -0.3 is 9.64 Å². The summed E-state index contributed by atoms with van der Waals surface area (Å²) in [5.74, 6) is 0.308. The van der Waals surface area contributed by atoms with Crippen molar-refractivity contribution in [3.63, 3.8) is 0 Å². The Morgan fingerprint density at radius 3 is 2.48 bits per heavy atom. The number of rotatable bonds is 4. The lowest BCUT2D eigenvalue weighted by Gasteiger charge is -2.40. The summed E-state index contributed by atoms with van der Waals surface area (Å²) in [6.45, 7) is 3.49. The molecule has 1 aliphatic rings. The lowest BCUT2D eigenvalue weighted by atomic mass is 10.2. The van der Waals surface area contributed by atoms with E-state index in [-0.39, 0.29) is 10.9 Å². The summed E-state index contributed by atoms with van der Waals surface area (Å²) in [4.78, 5) is 2.34. The molecule has 0 aromatic heterocycles. The average molecular weight is 381 g/mol. The predicted octanol–water partition coefficient (Wildman–Crippen LogP) is 3.25. The Balaban J connectivity index is 1.85. The van der Waals surface area contributed by atoms with Gasteiger partial charge >= 0.3 is 0 Å². The zero-order valence-corrected chi connectivity index (χ0v) is 15.8. The van der Waals surface area contributed by atoms with Crippen molar-refractivity contribution >= 4 is 27.3 Å². The Hall–Kier alpha value is -1.76. The Labute approximate surface area is 153 Å². The van der Waals surface area contributed by atoms with Gasteiger partial charge in [0.2, 0.25) is 10.0 Å². The lowest BCUT2D eigenvalue weighted by Crippen LogP contribution is -2.53. The van der Waals surface area contributed by atoms with Crippen molar-refractivity contribution < 1.29 is 13.2 Å². The summed E-state index contributed by atoms with van der Waals surface area (Å²) in [5, 5.41) is 0.371. The fourth-order valence-electron chi connectivity index (χ4n) is 3.14. The molecule has 1 fully saturated rings. The number of anilines is 1. The molecule has 1 atom stereocenters. The molecule has 0 aliphatic carbocycles. The molecule has 2 aromatic carbocycles. The molecule has 1 heterocycles. The van der Waals surface area contributed by atoms with Crippen molar-refractivity contribution in [2.24, 2.45) is 0 Å². The molecule has 0 amide bonds. The second kappa shape index (κ2) is 7.23. The van der Waals surface area contributed by atoms with Crippen molar-refractivity contribution in [3.05, 3.63) is 53.6 Å². The van der Waals surface area contributed by atoms with Gasteiger partial charge in [-0.1, -0.05) is 29.8 Å². The number of hydrogen-bond donors (Lipinski definition) is 0. The van der Waals surface area contributed by atoms with E-state index < -0.39 is 10.0 Å². The Kier molecular flexibility index (Phi) is 5.22. The van der Waals surface area contributed by atoms with Crippen LogP contribution in [0.2, 0.25) is 5.02 Å². The first kappa shape index (κ1) is 18.0. The second-order valence-electron chi connectivity index (χ2n) is 6.04. The summed E-state index contributed by atoms with van der Waals surface area (Å²) >= 11 is 6.00. The largest absolute Gasteiger partial charge is 0.495 e. The SMILES string of the molecule is COc1ccc(Cl)cc1S(=O)(=O)N1CCN(c2ccccc2)C(C)C1. The van der Waals surface area contributed by atoms with Crippen LogP contribution in [0.25, 0.3) is 0 Å². The van der Waals surface area contributed by atoms with Gasteiger partial charge in [-0.3, -0.25) is 0 Å². The van der Waals surface area contributed by atoms with Gasteiger partial charge in [0.25, 0.3) is 0 Å². The molecule has 1 aliphatic heterocycles. The summed E-state index contributed by atoms with van der Waals surface area (Å²) in [6.07, 6.45) is 0. The molecule has 0 bridgehead atoms. The molecule has 0 spiro atoms. The number of benzene rings is 2. The number of hydrogen-bond acceptors (Lipinski definition) is 4. The van der Waals surface area contributed by atoms with Crippen LogP contribution in [0, 0.1) is 0 Å². The van der Waals surface area contributed by atoms with E-state index in [2.05, 4.69) is 4.90 Å². The van der Waals surface area contributed by atoms with E-state index in [4.69, 9.17) is 16.3 Å². The highest BCUT2D eigenvalue weighted by atomic mass is 35.5. The number of para-hydroxylation sites is 1. The van der Waals surface area contributed by atoms with Gasteiger partial charge in [0.15, 0.2) is 0 Å². The maximum absolute atomic E-state index is 13.1. The monoisotopic (exact) mass is 380 g/mol. The third-order valence-corrected chi connectivity index (χ3v) is 6.54. The smallest absolute Gasteiger partial charge is 0.246 e. The van der Waals surface area contributed by atoms with Crippen LogP contribution in [0.1, 0.15) is 6.92 Å². The zero-order valence-electron chi connectivity index (χ0n) is 14.2. The fourth-order valence-corrected chi connectivity index (χ4v) is 5.07. The van der Waals surface area contributed by atoms with Gasteiger partial charge in [-0.25, -0.2) is 8.42 Å². The van der Waals surface area contributed by atoms with Gasteiger partial charge in [-0.2, -0.15) is 4.31 Å². The van der Waals surface area contributed by atoms with E-state index in [0.29, 0.717) is 30.4 Å². The summed E-state index contributed by atoms with van der Waals surface area (Å²) in [7, 11) is -2.21. The molecule has 0 saturated carbocycles. The first-order chi connectivity index (χ1) is 11.9. The van der Waals surface area contributed by atoms with Crippen molar-refractivity contribution in [2.75, 3.05) is 31.6 Å². The molecular formula is C18H21ClN2O3S. The van der Waals surface area contributed by atoms with Crippen molar-refractivity contribution in [1.29, 1.82) is 0 Å². The summed E-state index contributed by atoms with van der Waals surface area (Å²) in [5.41, 5.74) is 1.10. The first-order valence-corrected chi connectivity index (χ1v) is 9.90. The first-order valence-electron chi connectivity index (χ1n) is 8.09. The second-order valence-corrected chi connectivity index (χ2v) is 8.38. The van der Waals surface area contributed by atoms with E-state index in [0.717, 1.165) is 5.69 Å².